The van der Waals surface area contributed by atoms with E-state index in [9.17, 15) is 4.79 Å². The lowest BCUT2D eigenvalue weighted by molar-refractivity contribution is 0.121. The van der Waals surface area contributed by atoms with Crippen molar-refractivity contribution in [3.05, 3.63) is 41.9 Å². The highest BCUT2D eigenvalue weighted by Crippen LogP contribution is 2.40. The lowest BCUT2D eigenvalue weighted by Gasteiger charge is -2.34. The van der Waals surface area contributed by atoms with Crippen LogP contribution < -0.4 is 15.4 Å². The first-order chi connectivity index (χ1) is 14.4. The molecule has 1 aromatic heterocycles. The fraction of sp³-hybridized carbons (Fsp3) is 0.429. The standard InChI is InChI=1S/C21H26N6O3/c1-21(5-6-21)30-14-3-4-16(22)15(11-14)19(23)17-12-18(25-13-24-17)26-7-9-27(10-8-26)20(28)29-2/h3-4,11-13,23H,5-10,22H2,1-2H3. The molecule has 0 radical (unpaired) electrons. The van der Waals surface area contributed by atoms with Gasteiger partial charge >= 0.3 is 6.09 Å². The predicted molar refractivity (Wildman–Crippen MR) is 113 cm³/mol. The summed E-state index contributed by atoms with van der Waals surface area (Å²) in [6.07, 6.45) is 3.19. The first kappa shape index (κ1) is 19.9. The van der Waals surface area contributed by atoms with Crippen LogP contribution in [0.4, 0.5) is 16.3 Å². The molecule has 1 saturated heterocycles. The van der Waals surface area contributed by atoms with Crippen LogP contribution in [0, 0.1) is 5.41 Å². The van der Waals surface area contributed by atoms with Crippen LogP contribution in [0.2, 0.25) is 0 Å². The Balaban J connectivity index is 1.51. The van der Waals surface area contributed by atoms with Crippen molar-refractivity contribution in [3.8, 4) is 5.75 Å². The van der Waals surface area contributed by atoms with Crippen molar-refractivity contribution in [2.75, 3.05) is 43.9 Å². The van der Waals surface area contributed by atoms with Crippen LogP contribution in [0.1, 0.15) is 31.0 Å². The molecule has 0 bridgehead atoms. The fourth-order valence-corrected chi connectivity index (χ4v) is 3.42. The van der Waals surface area contributed by atoms with Gasteiger partial charge in [0, 0.05) is 43.5 Å². The molecule has 1 aliphatic heterocycles. The first-order valence-corrected chi connectivity index (χ1v) is 9.96. The zero-order chi connectivity index (χ0) is 21.3. The highest BCUT2D eigenvalue weighted by atomic mass is 16.5. The van der Waals surface area contributed by atoms with Gasteiger partial charge in [0.1, 0.15) is 23.5 Å². The number of rotatable bonds is 5. The van der Waals surface area contributed by atoms with E-state index < -0.39 is 0 Å². The number of aromatic nitrogens is 2. The van der Waals surface area contributed by atoms with Gasteiger partial charge in [-0.05, 0) is 38.0 Å². The number of nitrogens with two attached hydrogens (primary N) is 1. The molecule has 2 fully saturated rings. The third-order valence-corrected chi connectivity index (χ3v) is 5.56. The Kier molecular flexibility index (Phi) is 5.19. The Bertz CT molecular complexity index is 967. The maximum atomic E-state index is 11.7. The van der Waals surface area contributed by atoms with Crippen molar-refractivity contribution < 1.29 is 14.3 Å². The van der Waals surface area contributed by atoms with E-state index >= 15 is 0 Å². The largest absolute Gasteiger partial charge is 0.488 e. The molecule has 0 spiro atoms. The molecular weight excluding hydrogens is 384 g/mol. The third kappa shape index (κ3) is 4.14. The van der Waals surface area contributed by atoms with Gasteiger partial charge in [0.2, 0.25) is 0 Å². The fourth-order valence-electron chi connectivity index (χ4n) is 3.42. The van der Waals surface area contributed by atoms with Gasteiger partial charge in [0.05, 0.1) is 18.5 Å². The van der Waals surface area contributed by atoms with Crippen LogP contribution in [0.15, 0.2) is 30.6 Å². The van der Waals surface area contributed by atoms with Gasteiger partial charge in [-0.2, -0.15) is 0 Å². The second kappa shape index (κ2) is 7.81. The van der Waals surface area contributed by atoms with E-state index in [-0.39, 0.29) is 17.4 Å². The minimum Gasteiger partial charge on any atom is -0.488 e. The first-order valence-electron chi connectivity index (χ1n) is 9.96. The molecule has 1 aromatic carbocycles. The van der Waals surface area contributed by atoms with Crippen molar-refractivity contribution in [1.29, 1.82) is 5.41 Å². The summed E-state index contributed by atoms with van der Waals surface area (Å²) in [6, 6.07) is 7.18. The molecule has 9 nitrogen and oxygen atoms in total. The van der Waals surface area contributed by atoms with Gasteiger partial charge in [-0.1, -0.05) is 0 Å². The van der Waals surface area contributed by atoms with Crippen molar-refractivity contribution >= 4 is 23.3 Å². The molecule has 2 aliphatic rings. The summed E-state index contributed by atoms with van der Waals surface area (Å²) in [5.74, 6) is 1.42. The summed E-state index contributed by atoms with van der Waals surface area (Å²) in [6.45, 7) is 4.43. The number of hydrogen-bond acceptors (Lipinski definition) is 8. The van der Waals surface area contributed by atoms with Crippen LogP contribution in [0.25, 0.3) is 0 Å². The second-order valence-corrected chi connectivity index (χ2v) is 7.88. The van der Waals surface area contributed by atoms with Crippen LogP contribution in [0.5, 0.6) is 5.75 Å². The molecule has 2 heterocycles. The molecule has 0 atom stereocenters. The van der Waals surface area contributed by atoms with E-state index in [0.717, 1.165) is 12.8 Å². The molecule has 3 N–H and O–H groups in total. The molecule has 4 rings (SSSR count). The number of anilines is 2. The Labute approximate surface area is 175 Å². The van der Waals surface area contributed by atoms with E-state index in [1.165, 1.54) is 13.4 Å². The summed E-state index contributed by atoms with van der Waals surface area (Å²) < 4.78 is 10.8. The van der Waals surface area contributed by atoms with Crippen LogP contribution in [0.3, 0.4) is 0 Å². The Hall–Kier alpha value is -3.36. The van der Waals surface area contributed by atoms with Crippen molar-refractivity contribution in [2.45, 2.75) is 25.4 Å². The number of piperazine rings is 1. The number of nitrogen functional groups attached to an aromatic ring is 1. The lowest BCUT2D eigenvalue weighted by atomic mass is 10.0. The van der Waals surface area contributed by atoms with Gasteiger partial charge in [-0.3, -0.25) is 5.41 Å². The Morgan fingerprint density at radius 2 is 1.90 bits per heavy atom. The average Bonchev–Trinajstić information content (AvgIpc) is 3.50. The topological polar surface area (TPSA) is 118 Å². The summed E-state index contributed by atoms with van der Waals surface area (Å²) in [7, 11) is 1.38. The number of methoxy groups -OCH3 is 1. The monoisotopic (exact) mass is 410 g/mol. The van der Waals surface area contributed by atoms with Gasteiger partial charge in [0.25, 0.3) is 0 Å². The van der Waals surface area contributed by atoms with Crippen molar-refractivity contribution in [1.82, 2.24) is 14.9 Å². The summed E-state index contributed by atoms with van der Waals surface area (Å²) in [4.78, 5) is 24.0. The maximum Gasteiger partial charge on any atom is 0.409 e. The number of hydrogen-bond donors (Lipinski definition) is 2. The van der Waals surface area contributed by atoms with Gasteiger partial charge < -0.3 is 25.0 Å². The van der Waals surface area contributed by atoms with Crippen molar-refractivity contribution in [3.63, 3.8) is 0 Å². The Morgan fingerprint density at radius 3 is 2.57 bits per heavy atom. The quantitative estimate of drug-likeness (QED) is 0.573. The normalized spacial score (nSPS) is 17.4. The summed E-state index contributed by atoms with van der Waals surface area (Å²) in [5, 5.41) is 8.67. The smallest absolute Gasteiger partial charge is 0.409 e. The third-order valence-electron chi connectivity index (χ3n) is 5.56. The molecule has 1 aliphatic carbocycles. The molecule has 1 amide bonds. The molecular formula is C21H26N6O3. The molecule has 1 saturated carbocycles. The average molecular weight is 410 g/mol. The zero-order valence-corrected chi connectivity index (χ0v) is 17.2. The van der Waals surface area contributed by atoms with E-state index in [1.807, 2.05) is 6.07 Å². The van der Waals surface area contributed by atoms with Crippen LogP contribution in [-0.4, -0.2) is 65.6 Å². The van der Waals surface area contributed by atoms with Crippen LogP contribution >= 0.6 is 0 Å². The van der Waals surface area contributed by atoms with Crippen LogP contribution in [-0.2, 0) is 4.74 Å². The minimum absolute atomic E-state index is 0.107. The van der Waals surface area contributed by atoms with Gasteiger partial charge in [-0.15, -0.1) is 0 Å². The number of ether oxygens (including phenoxy) is 2. The number of carbonyl (C=O) groups is 1. The van der Waals surface area contributed by atoms with E-state index in [4.69, 9.17) is 20.6 Å². The highest BCUT2D eigenvalue weighted by Gasteiger charge is 2.40. The number of carbonyl (C=O) groups excluding carboxylic acids is 1. The lowest BCUT2D eigenvalue weighted by Crippen LogP contribution is -2.49. The Morgan fingerprint density at radius 1 is 1.17 bits per heavy atom. The minimum atomic E-state index is -0.322. The van der Waals surface area contributed by atoms with E-state index in [2.05, 4.69) is 21.8 Å². The number of amides is 1. The summed E-state index contributed by atoms with van der Waals surface area (Å²) >= 11 is 0. The number of benzene rings is 1. The summed E-state index contributed by atoms with van der Waals surface area (Å²) in [5.41, 5.74) is 7.82. The van der Waals surface area contributed by atoms with E-state index in [0.29, 0.717) is 54.7 Å². The van der Waals surface area contributed by atoms with Crippen molar-refractivity contribution in [2.24, 2.45) is 0 Å². The van der Waals surface area contributed by atoms with Gasteiger partial charge in [-0.25, -0.2) is 14.8 Å². The maximum absolute atomic E-state index is 11.7. The molecule has 158 valence electrons. The molecule has 30 heavy (non-hydrogen) atoms. The second-order valence-electron chi connectivity index (χ2n) is 7.88. The molecule has 9 heteroatoms. The van der Waals surface area contributed by atoms with Gasteiger partial charge in [0.15, 0.2) is 0 Å². The predicted octanol–water partition coefficient (Wildman–Crippen LogP) is 2.29. The highest BCUT2D eigenvalue weighted by molar-refractivity contribution is 6.13. The number of nitrogens with zero attached hydrogens (tertiary/aromatic N) is 4. The van der Waals surface area contributed by atoms with E-state index in [1.54, 1.807) is 23.1 Å². The number of nitrogens with one attached hydrogen (secondary N) is 1. The zero-order valence-electron chi connectivity index (χ0n) is 17.2. The molecule has 0 unspecified atom stereocenters. The molecule has 2 aromatic rings. The SMILES string of the molecule is COC(=O)N1CCN(c2cc(C(=N)c3cc(OC4(C)CC4)ccc3N)ncn2)CC1.